The Labute approximate surface area is 144 Å². The van der Waals surface area contributed by atoms with Gasteiger partial charge in [0.25, 0.3) is 11.5 Å². The Morgan fingerprint density at radius 3 is 2.38 bits per heavy atom. The van der Waals surface area contributed by atoms with E-state index >= 15 is 0 Å². The van der Waals surface area contributed by atoms with Gasteiger partial charge in [-0.05, 0) is 63.7 Å². The van der Waals surface area contributed by atoms with Crippen LogP contribution in [0.25, 0.3) is 0 Å². The van der Waals surface area contributed by atoms with E-state index in [1.807, 2.05) is 11.8 Å². The van der Waals surface area contributed by atoms with Gasteiger partial charge in [-0.1, -0.05) is 12.8 Å². The molecule has 3 rings (SSSR count). The molecular formula is C19H29N3O2. The molecule has 132 valence electrons. The molecule has 2 aliphatic heterocycles. The van der Waals surface area contributed by atoms with Crippen LogP contribution in [-0.2, 0) is 0 Å². The highest BCUT2D eigenvalue weighted by molar-refractivity contribution is 5.93. The van der Waals surface area contributed by atoms with Gasteiger partial charge in [-0.25, -0.2) is 0 Å². The zero-order chi connectivity index (χ0) is 16.9. The fourth-order valence-corrected chi connectivity index (χ4v) is 3.91. The van der Waals surface area contributed by atoms with Crippen molar-refractivity contribution < 1.29 is 4.79 Å². The average molecular weight is 331 g/mol. The van der Waals surface area contributed by atoms with Crippen LogP contribution in [0.5, 0.6) is 0 Å². The number of aryl methyl sites for hydroxylation is 1. The molecule has 1 aromatic heterocycles. The number of pyridine rings is 1. The maximum Gasteiger partial charge on any atom is 0.260 e. The normalized spacial score (nSPS) is 20.8. The number of rotatable bonds is 3. The largest absolute Gasteiger partial charge is 0.338 e. The van der Waals surface area contributed by atoms with Gasteiger partial charge in [0, 0.05) is 25.3 Å². The van der Waals surface area contributed by atoms with E-state index in [-0.39, 0.29) is 17.0 Å². The molecule has 5 nitrogen and oxygen atoms in total. The van der Waals surface area contributed by atoms with Crippen LogP contribution in [0, 0.1) is 12.8 Å². The zero-order valence-electron chi connectivity index (χ0n) is 14.7. The first-order valence-electron chi connectivity index (χ1n) is 9.35. The van der Waals surface area contributed by atoms with Crippen molar-refractivity contribution in [3.05, 3.63) is 33.7 Å². The van der Waals surface area contributed by atoms with Gasteiger partial charge in [0.15, 0.2) is 0 Å². The van der Waals surface area contributed by atoms with Gasteiger partial charge in [-0.2, -0.15) is 0 Å². The maximum atomic E-state index is 12.6. The summed E-state index contributed by atoms with van der Waals surface area (Å²) in [5.41, 5.74) is 0.783. The summed E-state index contributed by atoms with van der Waals surface area (Å²) in [6, 6.07) is 3.44. The second-order valence-electron chi connectivity index (χ2n) is 7.33. The number of aromatic amines is 1. The summed E-state index contributed by atoms with van der Waals surface area (Å²) in [5, 5.41) is 0. The van der Waals surface area contributed by atoms with Crippen molar-refractivity contribution in [3.8, 4) is 0 Å². The molecule has 1 aromatic rings. The van der Waals surface area contributed by atoms with Crippen LogP contribution in [0.3, 0.4) is 0 Å². The highest BCUT2D eigenvalue weighted by Crippen LogP contribution is 2.21. The number of H-pyrrole nitrogens is 1. The minimum absolute atomic E-state index is 0.121. The number of nitrogens with zero attached hydrogens (tertiary/aromatic N) is 2. The third kappa shape index (κ3) is 4.26. The summed E-state index contributed by atoms with van der Waals surface area (Å²) < 4.78 is 0. The van der Waals surface area contributed by atoms with Crippen LogP contribution in [-0.4, -0.2) is 53.4 Å². The summed E-state index contributed by atoms with van der Waals surface area (Å²) in [4.78, 5) is 31.7. The van der Waals surface area contributed by atoms with Gasteiger partial charge in [0.05, 0.1) is 0 Å². The Kier molecular flexibility index (Phi) is 5.72. The van der Waals surface area contributed by atoms with Crippen LogP contribution in [0.4, 0.5) is 0 Å². The van der Waals surface area contributed by atoms with E-state index < -0.39 is 0 Å². The molecule has 0 bridgehead atoms. The number of carbonyl (C=O) groups is 1. The highest BCUT2D eigenvalue weighted by Gasteiger charge is 2.26. The van der Waals surface area contributed by atoms with Crippen molar-refractivity contribution in [2.75, 3.05) is 32.7 Å². The monoisotopic (exact) mass is 331 g/mol. The third-order valence-electron chi connectivity index (χ3n) is 5.40. The smallest absolute Gasteiger partial charge is 0.260 e. The zero-order valence-corrected chi connectivity index (χ0v) is 14.7. The summed E-state index contributed by atoms with van der Waals surface area (Å²) in [6.45, 7) is 7.00. The van der Waals surface area contributed by atoms with E-state index in [2.05, 4.69) is 9.88 Å². The van der Waals surface area contributed by atoms with Gasteiger partial charge < -0.3 is 14.8 Å². The molecule has 2 saturated heterocycles. The average Bonchev–Trinajstić information content (AvgIpc) is 2.84. The van der Waals surface area contributed by atoms with Crippen molar-refractivity contribution in [2.45, 2.75) is 45.4 Å². The van der Waals surface area contributed by atoms with E-state index in [9.17, 15) is 9.59 Å². The lowest BCUT2D eigenvalue weighted by Crippen LogP contribution is -2.43. The first-order valence-corrected chi connectivity index (χ1v) is 9.35. The van der Waals surface area contributed by atoms with Crippen LogP contribution < -0.4 is 5.56 Å². The lowest BCUT2D eigenvalue weighted by Gasteiger charge is -2.34. The van der Waals surface area contributed by atoms with Gasteiger partial charge in [-0.3, -0.25) is 9.59 Å². The molecule has 0 saturated carbocycles. The van der Waals surface area contributed by atoms with Gasteiger partial charge in [-0.15, -0.1) is 0 Å². The number of piperidine rings is 1. The Balaban J connectivity index is 1.52. The van der Waals surface area contributed by atoms with Crippen molar-refractivity contribution in [2.24, 2.45) is 5.92 Å². The fourth-order valence-electron chi connectivity index (χ4n) is 3.91. The number of hydrogen-bond acceptors (Lipinski definition) is 3. The van der Waals surface area contributed by atoms with E-state index in [4.69, 9.17) is 0 Å². The third-order valence-corrected chi connectivity index (χ3v) is 5.40. The van der Waals surface area contributed by atoms with E-state index in [1.165, 1.54) is 45.3 Å². The topological polar surface area (TPSA) is 56.4 Å². The summed E-state index contributed by atoms with van der Waals surface area (Å²) in [5.74, 6) is 0.563. The van der Waals surface area contributed by atoms with Crippen molar-refractivity contribution in [3.63, 3.8) is 0 Å². The lowest BCUT2D eigenvalue weighted by molar-refractivity contribution is 0.0666. The standard InChI is InChI=1S/C19H29N3O2/c1-15-6-7-17(18(23)20-15)19(24)22-12-8-16(9-13-22)14-21-10-4-2-3-5-11-21/h6-7,16H,2-5,8-14H2,1H3,(H,20,23). The molecule has 24 heavy (non-hydrogen) atoms. The number of nitrogens with one attached hydrogen (secondary N) is 1. The predicted molar refractivity (Wildman–Crippen MR) is 95.3 cm³/mol. The van der Waals surface area contributed by atoms with Gasteiger partial charge in [0.2, 0.25) is 0 Å². The number of likely N-dealkylation sites (tertiary alicyclic amines) is 2. The molecular weight excluding hydrogens is 302 g/mol. The van der Waals surface area contributed by atoms with Crippen LogP contribution in [0.1, 0.15) is 54.6 Å². The predicted octanol–water partition coefficient (Wildman–Crippen LogP) is 2.41. The Morgan fingerprint density at radius 2 is 1.75 bits per heavy atom. The summed E-state index contributed by atoms with van der Waals surface area (Å²) in [6.07, 6.45) is 7.49. The second kappa shape index (κ2) is 7.97. The highest BCUT2D eigenvalue weighted by atomic mass is 16.2. The molecule has 1 N–H and O–H groups in total. The number of amides is 1. The van der Waals surface area contributed by atoms with Crippen molar-refractivity contribution in [1.82, 2.24) is 14.8 Å². The lowest BCUT2D eigenvalue weighted by atomic mass is 9.95. The summed E-state index contributed by atoms with van der Waals surface area (Å²) in [7, 11) is 0. The Bertz CT molecular complexity index is 609. The van der Waals surface area contributed by atoms with E-state index in [0.717, 1.165) is 31.6 Å². The Hall–Kier alpha value is -1.62. The molecule has 2 aliphatic rings. The fraction of sp³-hybridized carbons (Fsp3) is 0.684. The number of hydrogen-bond donors (Lipinski definition) is 1. The van der Waals surface area contributed by atoms with Gasteiger partial charge in [0.1, 0.15) is 5.56 Å². The maximum absolute atomic E-state index is 12.6. The summed E-state index contributed by atoms with van der Waals surface area (Å²) >= 11 is 0. The molecule has 0 spiro atoms. The second-order valence-corrected chi connectivity index (χ2v) is 7.33. The minimum atomic E-state index is -0.272. The molecule has 0 atom stereocenters. The molecule has 2 fully saturated rings. The Morgan fingerprint density at radius 1 is 1.08 bits per heavy atom. The molecule has 0 aromatic carbocycles. The SMILES string of the molecule is Cc1ccc(C(=O)N2CCC(CN3CCCCCC3)CC2)c(=O)[nH]1. The molecule has 5 heteroatoms. The van der Waals surface area contributed by atoms with Crippen LogP contribution in [0.2, 0.25) is 0 Å². The quantitative estimate of drug-likeness (QED) is 0.925. The molecule has 0 unspecified atom stereocenters. The molecule has 0 aliphatic carbocycles. The van der Waals surface area contributed by atoms with Crippen molar-refractivity contribution in [1.29, 1.82) is 0 Å². The van der Waals surface area contributed by atoms with Crippen LogP contribution >= 0.6 is 0 Å². The molecule has 0 radical (unpaired) electrons. The first kappa shape index (κ1) is 17.2. The van der Waals surface area contributed by atoms with Crippen molar-refractivity contribution >= 4 is 5.91 Å². The molecule has 1 amide bonds. The number of aromatic nitrogens is 1. The van der Waals surface area contributed by atoms with E-state index in [0.29, 0.717) is 5.92 Å². The number of carbonyl (C=O) groups excluding carboxylic acids is 1. The van der Waals surface area contributed by atoms with Crippen LogP contribution in [0.15, 0.2) is 16.9 Å². The minimum Gasteiger partial charge on any atom is -0.338 e. The van der Waals surface area contributed by atoms with Gasteiger partial charge >= 0.3 is 0 Å². The first-order chi connectivity index (χ1) is 11.6. The molecule has 3 heterocycles. The van der Waals surface area contributed by atoms with E-state index in [1.54, 1.807) is 12.1 Å².